The van der Waals surface area contributed by atoms with Gasteiger partial charge >= 0.3 is 0 Å². The second-order valence-corrected chi connectivity index (χ2v) is 3.82. The first-order valence-electron chi connectivity index (χ1n) is 4.80. The Morgan fingerprint density at radius 3 is 2.77 bits per heavy atom. The predicted molar refractivity (Wildman–Crippen MR) is 46.0 cm³/mol. The van der Waals surface area contributed by atoms with E-state index < -0.39 is 6.10 Å². The van der Waals surface area contributed by atoms with Crippen molar-refractivity contribution in [1.29, 1.82) is 0 Å². The van der Waals surface area contributed by atoms with Gasteiger partial charge in [0.15, 0.2) is 0 Å². The Bertz CT molecular complexity index is 209. The summed E-state index contributed by atoms with van der Waals surface area (Å²) in [5.41, 5.74) is 0. The minimum Gasteiger partial charge on any atom is -0.383 e. The van der Waals surface area contributed by atoms with Gasteiger partial charge in [0.25, 0.3) is 0 Å². The maximum atomic E-state index is 11.3. The number of aliphatic hydroxyl groups excluding tert-OH is 1. The summed E-state index contributed by atoms with van der Waals surface area (Å²) in [6.07, 6.45) is -0.369. The molecule has 0 radical (unpaired) electrons. The zero-order valence-corrected chi connectivity index (χ0v) is 7.69. The summed E-state index contributed by atoms with van der Waals surface area (Å²) in [4.78, 5) is 11.3. The van der Waals surface area contributed by atoms with Crippen LogP contribution in [0.4, 0.5) is 0 Å². The van der Waals surface area contributed by atoms with E-state index in [2.05, 4.69) is 5.32 Å². The molecule has 0 aromatic carbocycles. The molecule has 2 aliphatic rings. The van der Waals surface area contributed by atoms with Crippen LogP contribution in [0.2, 0.25) is 0 Å². The van der Waals surface area contributed by atoms with Crippen molar-refractivity contribution in [3.8, 4) is 0 Å². The van der Waals surface area contributed by atoms with E-state index in [0.717, 1.165) is 13.2 Å². The molecule has 1 heterocycles. The number of nitrogens with one attached hydrogen (secondary N) is 1. The third kappa shape index (κ3) is 1.56. The number of aliphatic hydroxyl groups is 1. The fourth-order valence-electron chi connectivity index (χ4n) is 1.90. The minimum atomic E-state index is -0.845. The van der Waals surface area contributed by atoms with Crippen LogP contribution >= 0.6 is 0 Å². The van der Waals surface area contributed by atoms with Crippen LogP contribution in [0.15, 0.2) is 0 Å². The summed E-state index contributed by atoms with van der Waals surface area (Å²) < 4.78 is 5.19. The second kappa shape index (κ2) is 3.27. The summed E-state index contributed by atoms with van der Waals surface area (Å²) in [6.45, 7) is 3.32. The predicted octanol–water partition coefficient (Wildman–Crippen LogP) is -0.482. The molecule has 0 bridgehead atoms. The van der Waals surface area contributed by atoms with Crippen molar-refractivity contribution in [3.05, 3.63) is 0 Å². The van der Waals surface area contributed by atoms with E-state index in [1.807, 2.05) is 0 Å². The SMILES string of the molecule is CCC(O)C(=O)NC1[C@H]2COC[C@H]12. The van der Waals surface area contributed by atoms with Crippen molar-refractivity contribution in [2.45, 2.75) is 25.5 Å². The Morgan fingerprint density at radius 2 is 2.23 bits per heavy atom. The van der Waals surface area contributed by atoms with Gasteiger partial charge in [0.05, 0.1) is 13.2 Å². The normalized spacial score (nSPS) is 38.2. The lowest BCUT2D eigenvalue weighted by Crippen LogP contribution is -2.37. The molecule has 1 aliphatic carbocycles. The van der Waals surface area contributed by atoms with E-state index in [4.69, 9.17) is 4.74 Å². The van der Waals surface area contributed by atoms with Crippen LogP contribution in [0.3, 0.4) is 0 Å². The van der Waals surface area contributed by atoms with Gasteiger partial charge in [-0.05, 0) is 6.42 Å². The number of ether oxygens (including phenoxy) is 1. The van der Waals surface area contributed by atoms with E-state index >= 15 is 0 Å². The Morgan fingerprint density at radius 1 is 1.62 bits per heavy atom. The van der Waals surface area contributed by atoms with Gasteiger partial charge < -0.3 is 15.2 Å². The van der Waals surface area contributed by atoms with Gasteiger partial charge in [0.2, 0.25) is 5.91 Å². The van der Waals surface area contributed by atoms with Crippen LogP contribution in [-0.2, 0) is 9.53 Å². The zero-order valence-electron chi connectivity index (χ0n) is 7.69. The Kier molecular flexibility index (Phi) is 2.26. The van der Waals surface area contributed by atoms with Crippen LogP contribution in [0.1, 0.15) is 13.3 Å². The van der Waals surface area contributed by atoms with Gasteiger partial charge in [-0.3, -0.25) is 4.79 Å². The third-order valence-electron chi connectivity index (χ3n) is 2.95. The number of hydrogen-bond acceptors (Lipinski definition) is 3. The molecule has 74 valence electrons. The molecule has 3 atom stereocenters. The number of carbonyl (C=O) groups is 1. The Hall–Kier alpha value is -0.610. The number of fused-ring (bicyclic) bond motifs is 1. The topological polar surface area (TPSA) is 58.6 Å². The van der Waals surface area contributed by atoms with Crippen molar-refractivity contribution < 1.29 is 14.6 Å². The standard InChI is InChI=1S/C9H15NO3/c1-2-7(11)9(12)10-8-5-3-13-4-6(5)8/h5-8,11H,2-4H2,1H3,(H,10,12)/t5-,6-,7?/m0/s1. The molecule has 13 heavy (non-hydrogen) atoms. The zero-order chi connectivity index (χ0) is 9.42. The molecule has 1 unspecified atom stereocenters. The van der Waals surface area contributed by atoms with Crippen LogP contribution in [0.5, 0.6) is 0 Å². The summed E-state index contributed by atoms with van der Waals surface area (Å²) in [5.74, 6) is 0.780. The molecular weight excluding hydrogens is 170 g/mol. The molecule has 2 N–H and O–H groups in total. The average molecular weight is 185 g/mol. The molecule has 2 fully saturated rings. The fraction of sp³-hybridized carbons (Fsp3) is 0.889. The van der Waals surface area contributed by atoms with E-state index in [-0.39, 0.29) is 11.9 Å². The number of rotatable bonds is 3. The van der Waals surface area contributed by atoms with Gasteiger partial charge in [-0.2, -0.15) is 0 Å². The number of hydrogen-bond donors (Lipinski definition) is 2. The van der Waals surface area contributed by atoms with E-state index in [9.17, 15) is 9.90 Å². The maximum Gasteiger partial charge on any atom is 0.249 e. The lowest BCUT2D eigenvalue weighted by molar-refractivity contribution is -0.129. The van der Waals surface area contributed by atoms with Crippen molar-refractivity contribution in [2.24, 2.45) is 11.8 Å². The first kappa shape index (κ1) is 8.97. The summed E-state index contributed by atoms with van der Waals surface area (Å²) >= 11 is 0. The van der Waals surface area contributed by atoms with Gasteiger partial charge in [-0.15, -0.1) is 0 Å². The highest BCUT2D eigenvalue weighted by molar-refractivity contribution is 5.81. The Labute approximate surface area is 77.3 Å². The van der Waals surface area contributed by atoms with Gasteiger partial charge in [0.1, 0.15) is 6.10 Å². The minimum absolute atomic E-state index is 0.234. The second-order valence-electron chi connectivity index (χ2n) is 3.82. The van der Waals surface area contributed by atoms with Crippen LogP contribution < -0.4 is 5.32 Å². The van der Waals surface area contributed by atoms with Crippen molar-refractivity contribution in [1.82, 2.24) is 5.32 Å². The van der Waals surface area contributed by atoms with E-state index in [1.165, 1.54) is 0 Å². The monoisotopic (exact) mass is 185 g/mol. The molecule has 2 rings (SSSR count). The largest absolute Gasteiger partial charge is 0.383 e. The summed E-state index contributed by atoms with van der Waals surface area (Å²) in [6, 6.07) is 0.266. The number of amides is 1. The highest BCUT2D eigenvalue weighted by Crippen LogP contribution is 2.44. The highest BCUT2D eigenvalue weighted by atomic mass is 16.5. The highest BCUT2D eigenvalue weighted by Gasteiger charge is 2.54. The van der Waals surface area contributed by atoms with Gasteiger partial charge in [-0.1, -0.05) is 6.92 Å². The first-order chi connectivity index (χ1) is 6.24. The molecule has 1 saturated heterocycles. The van der Waals surface area contributed by atoms with Crippen LogP contribution in [-0.4, -0.2) is 36.4 Å². The lowest BCUT2D eigenvalue weighted by Gasteiger charge is -2.10. The molecular formula is C9H15NO3. The molecule has 4 nitrogen and oxygen atoms in total. The van der Waals surface area contributed by atoms with Crippen molar-refractivity contribution in [3.63, 3.8) is 0 Å². The van der Waals surface area contributed by atoms with E-state index in [0.29, 0.717) is 18.3 Å². The average Bonchev–Trinajstić information content (AvgIpc) is 2.63. The first-order valence-corrected chi connectivity index (χ1v) is 4.80. The molecule has 0 spiro atoms. The Balaban J connectivity index is 1.77. The van der Waals surface area contributed by atoms with Crippen LogP contribution in [0.25, 0.3) is 0 Å². The molecule has 1 aliphatic heterocycles. The van der Waals surface area contributed by atoms with E-state index in [1.54, 1.807) is 6.92 Å². The maximum absolute atomic E-state index is 11.3. The third-order valence-corrected chi connectivity index (χ3v) is 2.95. The molecule has 1 amide bonds. The quantitative estimate of drug-likeness (QED) is 0.624. The molecule has 1 saturated carbocycles. The van der Waals surface area contributed by atoms with Gasteiger partial charge in [-0.25, -0.2) is 0 Å². The smallest absolute Gasteiger partial charge is 0.249 e. The summed E-state index contributed by atoms with van der Waals surface area (Å²) in [7, 11) is 0. The fourth-order valence-corrected chi connectivity index (χ4v) is 1.90. The molecule has 0 aromatic rings. The van der Waals surface area contributed by atoms with Crippen molar-refractivity contribution in [2.75, 3.05) is 13.2 Å². The van der Waals surface area contributed by atoms with Crippen molar-refractivity contribution >= 4 is 5.91 Å². The lowest BCUT2D eigenvalue weighted by atomic mass is 10.2. The summed E-state index contributed by atoms with van der Waals surface area (Å²) in [5, 5.41) is 12.1. The molecule has 4 heteroatoms. The molecule has 0 aromatic heterocycles. The van der Waals surface area contributed by atoms with Gasteiger partial charge in [0, 0.05) is 17.9 Å². The van der Waals surface area contributed by atoms with Crippen LogP contribution in [0, 0.1) is 11.8 Å². The number of carbonyl (C=O) groups excluding carboxylic acids is 1.